The number of nitrogens with zero attached hydrogens (tertiary/aromatic N) is 1. The van der Waals surface area contributed by atoms with Gasteiger partial charge < -0.3 is 14.5 Å². The van der Waals surface area contributed by atoms with Gasteiger partial charge in [-0.3, -0.25) is 0 Å². The second-order valence-corrected chi connectivity index (χ2v) is 4.88. The van der Waals surface area contributed by atoms with Gasteiger partial charge >= 0.3 is 12.1 Å². The zero-order chi connectivity index (χ0) is 16.9. The SMILES string of the molecule is C1CCOC1.CCOC(=O)c1cc2cc(C(F)(F)F)cnc2[nH]1. The molecule has 0 aliphatic carbocycles. The summed E-state index contributed by atoms with van der Waals surface area (Å²) in [7, 11) is 0. The molecule has 1 saturated heterocycles. The van der Waals surface area contributed by atoms with Crippen LogP contribution in [0.5, 0.6) is 0 Å². The third-order valence-corrected chi connectivity index (χ3v) is 3.12. The van der Waals surface area contributed by atoms with E-state index in [2.05, 4.69) is 9.97 Å². The van der Waals surface area contributed by atoms with Crippen LogP contribution in [0.4, 0.5) is 13.2 Å². The Balaban J connectivity index is 0.000000326. The Morgan fingerprint density at radius 1 is 1.35 bits per heavy atom. The van der Waals surface area contributed by atoms with Gasteiger partial charge in [0, 0.05) is 24.8 Å². The first-order chi connectivity index (χ1) is 10.9. The molecule has 0 radical (unpaired) electrons. The highest BCUT2D eigenvalue weighted by atomic mass is 19.4. The molecule has 0 atom stereocenters. The molecule has 0 bridgehead atoms. The summed E-state index contributed by atoms with van der Waals surface area (Å²) in [5.41, 5.74) is -0.561. The van der Waals surface area contributed by atoms with Crippen LogP contribution in [0.2, 0.25) is 0 Å². The number of carbonyl (C=O) groups is 1. The molecular weight excluding hydrogens is 313 g/mol. The van der Waals surface area contributed by atoms with Crippen LogP contribution in [0.25, 0.3) is 11.0 Å². The van der Waals surface area contributed by atoms with Crippen molar-refractivity contribution in [2.75, 3.05) is 19.8 Å². The van der Waals surface area contributed by atoms with Crippen molar-refractivity contribution in [2.45, 2.75) is 25.9 Å². The maximum absolute atomic E-state index is 12.5. The Labute approximate surface area is 130 Å². The lowest BCUT2D eigenvalue weighted by Crippen LogP contribution is -2.05. The minimum absolute atomic E-state index is 0.0821. The fraction of sp³-hybridized carbons (Fsp3) is 0.467. The molecule has 1 aliphatic heterocycles. The van der Waals surface area contributed by atoms with Crippen LogP contribution in [0, 0.1) is 0 Å². The summed E-state index contributed by atoms with van der Waals surface area (Å²) in [6.07, 6.45) is -1.18. The number of halogens is 3. The van der Waals surface area contributed by atoms with E-state index in [9.17, 15) is 18.0 Å². The molecular formula is C15H17F3N2O3. The molecule has 5 nitrogen and oxygen atoms in total. The van der Waals surface area contributed by atoms with E-state index in [4.69, 9.17) is 9.47 Å². The van der Waals surface area contributed by atoms with E-state index in [1.165, 1.54) is 18.9 Å². The van der Waals surface area contributed by atoms with Gasteiger partial charge in [0.05, 0.1) is 12.2 Å². The first kappa shape index (κ1) is 17.3. The number of hydrogen-bond donors (Lipinski definition) is 1. The summed E-state index contributed by atoms with van der Waals surface area (Å²) in [5.74, 6) is -0.621. The van der Waals surface area contributed by atoms with Gasteiger partial charge in [-0.2, -0.15) is 13.2 Å². The first-order valence-electron chi connectivity index (χ1n) is 7.22. The molecule has 2 aromatic rings. The molecule has 1 N–H and O–H groups in total. The fourth-order valence-electron chi connectivity index (χ4n) is 2.00. The van der Waals surface area contributed by atoms with Gasteiger partial charge in [-0.1, -0.05) is 0 Å². The van der Waals surface area contributed by atoms with Crippen molar-refractivity contribution in [3.63, 3.8) is 0 Å². The smallest absolute Gasteiger partial charge is 0.417 e. The van der Waals surface area contributed by atoms with E-state index in [1.54, 1.807) is 6.92 Å². The van der Waals surface area contributed by atoms with Crippen LogP contribution < -0.4 is 0 Å². The Morgan fingerprint density at radius 3 is 2.57 bits per heavy atom. The van der Waals surface area contributed by atoms with Crippen molar-refractivity contribution in [3.05, 3.63) is 29.6 Å². The molecule has 126 valence electrons. The topological polar surface area (TPSA) is 64.2 Å². The number of aromatic nitrogens is 2. The van der Waals surface area contributed by atoms with Crippen LogP contribution in [-0.2, 0) is 15.7 Å². The average molecular weight is 330 g/mol. The molecule has 1 aliphatic rings. The lowest BCUT2D eigenvalue weighted by atomic mass is 10.2. The molecule has 0 aromatic carbocycles. The molecule has 2 aromatic heterocycles. The third-order valence-electron chi connectivity index (χ3n) is 3.12. The molecule has 0 spiro atoms. The second-order valence-electron chi connectivity index (χ2n) is 4.88. The van der Waals surface area contributed by atoms with Gasteiger partial charge in [0.25, 0.3) is 0 Å². The van der Waals surface area contributed by atoms with E-state index in [0.717, 1.165) is 19.3 Å². The summed E-state index contributed by atoms with van der Waals surface area (Å²) in [6.45, 7) is 3.83. The van der Waals surface area contributed by atoms with Gasteiger partial charge in [-0.25, -0.2) is 9.78 Å². The van der Waals surface area contributed by atoms with E-state index in [0.29, 0.717) is 6.20 Å². The predicted octanol–water partition coefficient (Wildman–Crippen LogP) is 3.56. The number of alkyl halides is 3. The third kappa shape index (κ3) is 4.69. The number of aromatic amines is 1. The molecule has 3 rings (SSSR count). The molecule has 0 unspecified atom stereocenters. The van der Waals surface area contributed by atoms with Crippen LogP contribution in [0.1, 0.15) is 35.8 Å². The normalized spacial score (nSPS) is 14.4. The quantitative estimate of drug-likeness (QED) is 0.855. The van der Waals surface area contributed by atoms with Crippen LogP contribution in [-0.4, -0.2) is 35.8 Å². The van der Waals surface area contributed by atoms with Crippen LogP contribution in [0.15, 0.2) is 18.3 Å². The van der Waals surface area contributed by atoms with Crippen molar-refractivity contribution in [3.8, 4) is 0 Å². The zero-order valence-corrected chi connectivity index (χ0v) is 12.6. The van der Waals surface area contributed by atoms with Gasteiger partial charge in [-0.15, -0.1) is 0 Å². The summed E-state index contributed by atoms with van der Waals surface area (Å²) >= 11 is 0. The predicted molar refractivity (Wildman–Crippen MR) is 77.1 cm³/mol. The van der Waals surface area contributed by atoms with E-state index in [-0.39, 0.29) is 23.3 Å². The fourth-order valence-corrected chi connectivity index (χ4v) is 2.00. The first-order valence-corrected chi connectivity index (χ1v) is 7.22. The number of pyridine rings is 1. The summed E-state index contributed by atoms with van der Waals surface area (Å²) < 4.78 is 47.1. The number of hydrogen-bond acceptors (Lipinski definition) is 4. The Hall–Kier alpha value is -2.09. The van der Waals surface area contributed by atoms with Gasteiger partial charge in [0.2, 0.25) is 0 Å². The minimum Gasteiger partial charge on any atom is -0.461 e. The molecule has 0 saturated carbocycles. The Bertz CT molecular complexity index is 656. The number of carbonyl (C=O) groups excluding carboxylic acids is 1. The van der Waals surface area contributed by atoms with Crippen molar-refractivity contribution < 1.29 is 27.4 Å². The van der Waals surface area contributed by atoms with E-state index < -0.39 is 17.7 Å². The highest BCUT2D eigenvalue weighted by molar-refractivity contribution is 5.93. The maximum Gasteiger partial charge on any atom is 0.417 e. The standard InChI is InChI=1S/C11H9F3N2O2.C4H8O/c1-2-18-10(17)8-4-6-3-7(11(12,13)14)5-15-9(6)16-8;1-2-4-5-3-1/h3-5H,2H2,1H3,(H,15,16);1-4H2. The van der Waals surface area contributed by atoms with Crippen molar-refractivity contribution in [2.24, 2.45) is 0 Å². The highest BCUT2D eigenvalue weighted by Crippen LogP contribution is 2.30. The molecule has 8 heteroatoms. The summed E-state index contributed by atoms with van der Waals surface area (Å²) in [6, 6.07) is 2.22. The Kier molecular flexibility index (Phi) is 5.59. The van der Waals surface area contributed by atoms with Crippen LogP contribution >= 0.6 is 0 Å². The summed E-state index contributed by atoms with van der Waals surface area (Å²) in [4.78, 5) is 17.6. The van der Waals surface area contributed by atoms with Crippen molar-refractivity contribution in [1.82, 2.24) is 9.97 Å². The number of esters is 1. The average Bonchev–Trinajstić information content (AvgIpc) is 3.18. The lowest BCUT2D eigenvalue weighted by Gasteiger charge is -2.04. The number of H-pyrrole nitrogens is 1. The number of ether oxygens (including phenoxy) is 2. The lowest BCUT2D eigenvalue weighted by molar-refractivity contribution is -0.137. The second kappa shape index (κ2) is 7.45. The van der Waals surface area contributed by atoms with Crippen molar-refractivity contribution in [1.29, 1.82) is 0 Å². The van der Waals surface area contributed by atoms with Crippen molar-refractivity contribution >= 4 is 17.0 Å². The number of nitrogens with one attached hydrogen (secondary N) is 1. The van der Waals surface area contributed by atoms with Gasteiger partial charge in [0.1, 0.15) is 11.3 Å². The van der Waals surface area contributed by atoms with Crippen LogP contribution in [0.3, 0.4) is 0 Å². The molecule has 3 heterocycles. The zero-order valence-electron chi connectivity index (χ0n) is 12.6. The molecule has 0 amide bonds. The monoisotopic (exact) mass is 330 g/mol. The Morgan fingerprint density at radius 2 is 2.04 bits per heavy atom. The van der Waals surface area contributed by atoms with E-state index >= 15 is 0 Å². The summed E-state index contributed by atoms with van der Waals surface area (Å²) in [5, 5.41) is 0.216. The molecule has 23 heavy (non-hydrogen) atoms. The van der Waals surface area contributed by atoms with E-state index in [1.807, 2.05) is 0 Å². The highest BCUT2D eigenvalue weighted by Gasteiger charge is 2.31. The largest absolute Gasteiger partial charge is 0.461 e. The van der Waals surface area contributed by atoms with Gasteiger partial charge in [0.15, 0.2) is 0 Å². The number of fused-ring (bicyclic) bond motifs is 1. The number of rotatable bonds is 2. The van der Waals surface area contributed by atoms with Gasteiger partial charge in [-0.05, 0) is 31.9 Å². The molecule has 1 fully saturated rings. The minimum atomic E-state index is -4.46. The maximum atomic E-state index is 12.5.